The van der Waals surface area contributed by atoms with Gasteiger partial charge < -0.3 is 14.8 Å². The third kappa shape index (κ3) is 5.68. The first-order valence-corrected chi connectivity index (χ1v) is 7.15. The molecule has 0 aromatic carbocycles. The van der Waals surface area contributed by atoms with Gasteiger partial charge in [0.15, 0.2) is 0 Å². The molecule has 1 saturated carbocycles. The number of hydrogen-bond donors (Lipinski definition) is 1. The van der Waals surface area contributed by atoms with Crippen molar-refractivity contribution in [1.29, 1.82) is 0 Å². The Morgan fingerprint density at radius 1 is 1.37 bits per heavy atom. The summed E-state index contributed by atoms with van der Waals surface area (Å²) in [6.07, 6.45) is 2.71. The van der Waals surface area contributed by atoms with E-state index < -0.39 is 0 Å². The second kappa shape index (κ2) is 7.58. The van der Waals surface area contributed by atoms with Crippen LogP contribution in [-0.2, 0) is 22.6 Å². The van der Waals surface area contributed by atoms with E-state index in [1.165, 1.54) is 12.8 Å². The summed E-state index contributed by atoms with van der Waals surface area (Å²) in [5.74, 6) is 0. The van der Waals surface area contributed by atoms with Crippen molar-refractivity contribution in [3.8, 4) is 0 Å². The molecule has 2 rings (SSSR count). The molecule has 0 aliphatic heterocycles. The first-order chi connectivity index (χ1) is 9.28. The van der Waals surface area contributed by atoms with Crippen LogP contribution in [-0.4, -0.2) is 30.3 Å². The highest BCUT2D eigenvalue weighted by atomic mass is 16.5. The number of aromatic nitrogens is 1. The minimum Gasteiger partial charge on any atom is -0.379 e. The maximum Gasteiger partial charge on any atom is 0.0892 e. The van der Waals surface area contributed by atoms with E-state index in [4.69, 9.17) is 9.47 Å². The van der Waals surface area contributed by atoms with Gasteiger partial charge in [0.2, 0.25) is 0 Å². The maximum atomic E-state index is 5.72. The Morgan fingerprint density at radius 2 is 2.16 bits per heavy atom. The van der Waals surface area contributed by atoms with Crippen LogP contribution >= 0.6 is 0 Å². The predicted molar refractivity (Wildman–Crippen MR) is 74.8 cm³/mol. The molecule has 1 unspecified atom stereocenters. The van der Waals surface area contributed by atoms with Crippen LogP contribution < -0.4 is 5.32 Å². The highest BCUT2D eigenvalue weighted by Gasteiger charge is 2.20. The van der Waals surface area contributed by atoms with E-state index in [2.05, 4.69) is 16.4 Å². The zero-order chi connectivity index (χ0) is 13.5. The van der Waals surface area contributed by atoms with Gasteiger partial charge in [-0.15, -0.1) is 0 Å². The fourth-order valence-electron chi connectivity index (χ4n) is 1.80. The van der Waals surface area contributed by atoms with E-state index in [1.807, 2.05) is 26.0 Å². The molecule has 0 saturated heterocycles. The Bertz CT molecular complexity index is 380. The van der Waals surface area contributed by atoms with Crippen LogP contribution in [0.2, 0.25) is 0 Å². The van der Waals surface area contributed by atoms with Crippen molar-refractivity contribution < 1.29 is 9.47 Å². The average Bonchev–Trinajstić information content (AvgIpc) is 3.25. The van der Waals surface area contributed by atoms with Gasteiger partial charge in [0, 0.05) is 19.2 Å². The number of nitrogens with zero attached hydrogens (tertiary/aromatic N) is 1. The normalized spacial score (nSPS) is 16.5. The number of pyridine rings is 1. The fraction of sp³-hybridized carbons (Fsp3) is 0.667. The van der Waals surface area contributed by atoms with Crippen molar-refractivity contribution in [2.24, 2.45) is 0 Å². The second-order valence-electron chi connectivity index (χ2n) is 5.06. The van der Waals surface area contributed by atoms with Crippen molar-refractivity contribution in [2.45, 2.75) is 52.0 Å². The monoisotopic (exact) mass is 264 g/mol. The van der Waals surface area contributed by atoms with Crippen LogP contribution in [0.3, 0.4) is 0 Å². The lowest BCUT2D eigenvalue weighted by molar-refractivity contribution is -0.0127. The quantitative estimate of drug-likeness (QED) is 0.743. The molecule has 0 bridgehead atoms. The summed E-state index contributed by atoms with van der Waals surface area (Å²) < 4.78 is 11.0. The highest BCUT2D eigenvalue weighted by Crippen LogP contribution is 2.19. The van der Waals surface area contributed by atoms with Crippen LogP contribution in [0, 0.1) is 0 Å². The molecule has 1 aliphatic carbocycles. The van der Waals surface area contributed by atoms with Gasteiger partial charge in [-0.1, -0.05) is 6.07 Å². The first kappa shape index (κ1) is 14.4. The molecule has 1 heterocycles. The molecule has 19 heavy (non-hydrogen) atoms. The van der Waals surface area contributed by atoms with Crippen LogP contribution in [0.5, 0.6) is 0 Å². The summed E-state index contributed by atoms with van der Waals surface area (Å²) >= 11 is 0. The van der Waals surface area contributed by atoms with Crippen molar-refractivity contribution in [2.75, 3.05) is 13.2 Å². The van der Waals surface area contributed by atoms with Gasteiger partial charge in [-0.2, -0.15) is 0 Å². The van der Waals surface area contributed by atoms with Gasteiger partial charge in [0.1, 0.15) is 0 Å². The van der Waals surface area contributed by atoms with Crippen molar-refractivity contribution in [3.05, 3.63) is 29.6 Å². The molecular weight excluding hydrogens is 240 g/mol. The molecule has 0 spiro atoms. The molecule has 1 atom stereocenters. The topological polar surface area (TPSA) is 43.4 Å². The summed E-state index contributed by atoms with van der Waals surface area (Å²) in [5, 5.41) is 3.47. The summed E-state index contributed by atoms with van der Waals surface area (Å²) in [6.45, 7) is 6.78. The average molecular weight is 264 g/mol. The lowest BCUT2D eigenvalue weighted by atomic mass is 10.3. The first-order valence-electron chi connectivity index (χ1n) is 7.15. The van der Waals surface area contributed by atoms with E-state index >= 15 is 0 Å². The smallest absolute Gasteiger partial charge is 0.0892 e. The third-order valence-corrected chi connectivity index (χ3v) is 3.09. The summed E-state index contributed by atoms with van der Waals surface area (Å²) in [7, 11) is 0. The van der Waals surface area contributed by atoms with Gasteiger partial charge in [-0.3, -0.25) is 4.98 Å². The predicted octanol–water partition coefficient (Wildman–Crippen LogP) is 2.28. The Labute approximate surface area is 115 Å². The van der Waals surface area contributed by atoms with E-state index in [0.717, 1.165) is 24.5 Å². The van der Waals surface area contributed by atoms with Gasteiger partial charge in [0.05, 0.1) is 30.7 Å². The number of ether oxygens (including phenoxy) is 2. The molecule has 1 aliphatic rings. The van der Waals surface area contributed by atoms with Crippen LogP contribution in [0.1, 0.15) is 38.1 Å². The third-order valence-electron chi connectivity index (χ3n) is 3.09. The molecule has 1 aromatic rings. The summed E-state index contributed by atoms with van der Waals surface area (Å²) in [6, 6.07) is 6.83. The van der Waals surface area contributed by atoms with Crippen molar-refractivity contribution in [3.63, 3.8) is 0 Å². The Balaban J connectivity index is 1.74. The molecular formula is C15H24N2O2. The molecule has 4 heteroatoms. The van der Waals surface area contributed by atoms with Gasteiger partial charge in [-0.05, 0) is 38.8 Å². The van der Waals surface area contributed by atoms with Crippen LogP contribution in [0.4, 0.5) is 0 Å². The summed E-state index contributed by atoms with van der Waals surface area (Å²) in [5.41, 5.74) is 2.07. The minimum atomic E-state index is 0.106. The standard InChI is InChI=1S/C15H24N2O2/c1-3-18-10-12(2)19-11-15-6-4-5-14(17-15)9-16-13-7-8-13/h4-6,12-13,16H,3,7-11H2,1-2H3. The van der Waals surface area contributed by atoms with Gasteiger partial charge in [-0.25, -0.2) is 0 Å². The fourth-order valence-corrected chi connectivity index (χ4v) is 1.80. The maximum absolute atomic E-state index is 5.72. The van der Waals surface area contributed by atoms with E-state index in [9.17, 15) is 0 Å². The van der Waals surface area contributed by atoms with Crippen LogP contribution in [0.15, 0.2) is 18.2 Å². The molecule has 0 amide bonds. The molecule has 1 N–H and O–H groups in total. The van der Waals surface area contributed by atoms with Crippen molar-refractivity contribution >= 4 is 0 Å². The molecule has 106 valence electrons. The highest BCUT2D eigenvalue weighted by molar-refractivity contribution is 5.11. The van der Waals surface area contributed by atoms with E-state index in [0.29, 0.717) is 19.3 Å². The van der Waals surface area contributed by atoms with E-state index in [-0.39, 0.29) is 6.10 Å². The Kier molecular flexibility index (Phi) is 5.76. The largest absolute Gasteiger partial charge is 0.379 e. The molecule has 1 fully saturated rings. The zero-order valence-electron chi connectivity index (χ0n) is 11.9. The lowest BCUT2D eigenvalue weighted by Crippen LogP contribution is -2.18. The minimum absolute atomic E-state index is 0.106. The zero-order valence-corrected chi connectivity index (χ0v) is 11.9. The molecule has 0 radical (unpaired) electrons. The number of hydrogen-bond acceptors (Lipinski definition) is 4. The summed E-state index contributed by atoms with van der Waals surface area (Å²) in [4.78, 5) is 4.60. The number of rotatable bonds is 9. The Hall–Kier alpha value is -0.970. The molecule has 1 aromatic heterocycles. The van der Waals surface area contributed by atoms with E-state index in [1.54, 1.807) is 0 Å². The number of nitrogens with one attached hydrogen (secondary N) is 1. The van der Waals surface area contributed by atoms with Gasteiger partial charge >= 0.3 is 0 Å². The van der Waals surface area contributed by atoms with Gasteiger partial charge in [0.25, 0.3) is 0 Å². The Morgan fingerprint density at radius 3 is 2.89 bits per heavy atom. The van der Waals surface area contributed by atoms with Crippen molar-refractivity contribution in [1.82, 2.24) is 10.3 Å². The second-order valence-corrected chi connectivity index (χ2v) is 5.06. The van der Waals surface area contributed by atoms with Crippen LogP contribution in [0.25, 0.3) is 0 Å². The lowest BCUT2D eigenvalue weighted by Gasteiger charge is -2.13. The molecule has 4 nitrogen and oxygen atoms in total. The SMILES string of the molecule is CCOCC(C)OCc1cccc(CNC2CC2)n1.